The molecule has 1 aliphatic carbocycles. The Morgan fingerprint density at radius 3 is 0.472 bits per heavy atom. The lowest BCUT2D eigenvalue weighted by Crippen LogP contribution is -2.12. The number of rotatable bonds is 48. The van der Waals surface area contributed by atoms with E-state index in [0.717, 1.165) is 244 Å². The molecule has 0 saturated carbocycles. The van der Waals surface area contributed by atoms with E-state index >= 15 is 0 Å². The minimum atomic E-state index is -0.561. The maximum Gasteiger partial charge on any atom is 0.346 e. The van der Waals surface area contributed by atoms with Crippen molar-refractivity contribution >= 4 is 177 Å². The standard InChI is InChI=1S/C84H102O12S12/c1-7-13-19-25-31-43-55-91-73(85)67-68(74(86)92-56-44-32-26-20-14-8-2)104-82(103-67)79-97-61-49-37-39-51-63-65(101-80(99-63)83-105-69(75(87)93-57-45-33-27-21-15-9-3)70(106-83)76(88)94-58-46-34-28-22-16-10-4)53-41-42-54-66-64(52-40-38-50-62(61)98-79)100-81(102-66)84-107-71(77(89)95-59-47-35-29-23-17-11-5)72(108-84)78(90)96-60-48-36-30-24-18-12-6/h7-36,43-48,55-60H2,1-6H3. The maximum absolute atomic E-state index is 14.0. The van der Waals surface area contributed by atoms with Crippen LogP contribution in [0.1, 0.15) is 273 Å². The van der Waals surface area contributed by atoms with Crippen molar-refractivity contribution in [3.05, 3.63) is 153 Å². The molecule has 0 bridgehead atoms. The first-order chi connectivity index (χ1) is 52.9. The van der Waals surface area contributed by atoms with Crippen molar-refractivity contribution in [3.63, 3.8) is 0 Å². The predicted octanol–water partition coefficient (Wildman–Crippen LogP) is 26.8. The Bertz CT molecular complexity index is 3350. The summed E-state index contributed by atoms with van der Waals surface area (Å²) in [5.41, 5.74) is 38.2. The highest BCUT2D eigenvalue weighted by Gasteiger charge is 2.40. The molecule has 3 saturated heterocycles. The summed E-state index contributed by atoms with van der Waals surface area (Å²) < 4.78 is 39.5. The van der Waals surface area contributed by atoms with E-state index in [1.165, 1.54) is 141 Å². The number of carbonyl (C=O) groups is 6. The number of ether oxygens (including phenoxy) is 6. The van der Waals surface area contributed by atoms with Gasteiger partial charge in [0.05, 0.1) is 94.5 Å². The van der Waals surface area contributed by atoms with Crippen molar-refractivity contribution in [1.82, 2.24) is 0 Å². The molecule has 0 atom stereocenters. The number of esters is 6. The smallest absolute Gasteiger partial charge is 0.346 e. The molecule has 0 aromatic carbocycles. The van der Waals surface area contributed by atoms with E-state index in [1.54, 1.807) is 0 Å². The van der Waals surface area contributed by atoms with Gasteiger partial charge >= 0.3 is 35.8 Å². The number of fused-ring (bicyclic) bond motifs is 3. The monoisotopic (exact) mass is 1690 g/mol. The Hall–Kier alpha value is -3.96. The summed E-state index contributed by atoms with van der Waals surface area (Å²) >= 11 is 15.4. The van der Waals surface area contributed by atoms with Gasteiger partial charge in [0.1, 0.15) is 29.4 Å². The van der Waals surface area contributed by atoms with Crippen LogP contribution in [0.15, 0.2) is 153 Å². The van der Waals surface area contributed by atoms with Gasteiger partial charge in [-0.15, -0.1) is 0 Å². The van der Waals surface area contributed by atoms with Crippen LogP contribution in [-0.2, 0) is 57.2 Å². The van der Waals surface area contributed by atoms with E-state index < -0.39 is 35.8 Å². The molecule has 0 unspecified atom stereocenters. The van der Waals surface area contributed by atoms with Gasteiger partial charge in [-0.3, -0.25) is 0 Å². The second kappa shape index (κ2) is 54.7. The van der Waals surface area contributed by atoms with Gasteiger partial charge in [0.25, 0.3) is 0 Å². The third-order valence-corrected chi connectivity index (χ3v) is 33.3. The zero-order chi connectivity index (χ0) is 76.8. The molecule has 12 nitrogen and oxygen atoms in total. The zero-order valence-corrected chi connectivity index (χ0v) is 73.3. The predicted molar refractivity (Wildman–Crippen MR) is 462 cm³/mol. The van der Waals surface area contributed by atoms with Crippen LogP contribution in [0.5, 0.6) is 0 Å². The van der Waals surface area contributed by atoms with E-state index in [1.807, 2.05) is 0 Å². The molecule has 7 aliphatic rings. The topological polar surface area (TPSA) is 158 Å². The second-order valence-corrected chi connectivity index (χ2v) is 39.6. The fourth-order valence-electron chi connectivity index (χ4n) is 10.8. The van der Waals surface area contributed by atoms with Gasteiger partial charge in [-0.25, -0.2) is 28.8 Å². The Morgan fingerprint density at radius 1 is 0.194 bits per heavy atom. The van der Waals surface area contributed by atoms with Crippen LogP contribution in [0.4, 0.5) is 0 Å². The van der Waals surface area contributed by atoms with Gasteiger partial charge in [-0.2, -0.15) is 0 Å². The molecule has 582 valence electrons. The van der Waals surface area contributed by atoms with Crippen LogP contribution < -0.4 is 0 Å². The molecular formula is C84H102O12S12. The lowest BCUT2D eigenvalue weighted by atomic mass is 10.1. The van der Waals surface area contributed by atoms with Gasteiger partial charge in [0.15, 0.2) is 0 Å². The molecule has 6 aliphatic heterocycles. The summed E-state index contributed by atoms with van der Waals surface area (Å²) in [6, 6.07) is 0. The number of hydrogen-bond donors (Lipinski definition) is 0. The number of hydrogen-bond acceptors (Lipinski definition) is 24. The van der Waals surface area contributed by atoms with Crippen molar-refractivity contribution in [2.45, 2.75) is 273 Å². The van der Waals surface area contributed by atoms with Crippen LogP contribution in [-0.4, -0.2) is 75.5 Å². The first-order valence-electron chi connectivity index (χ1n) is 38.8. The zero-order valence-electron chi connectivity index (χ0n) is 63.5. The molecule has 24 heteroatoms. The van der Waals surface area contributed by atoms with Crippen molar-refractivity contribution in [3.8, 4) is 0 Å². The summed E-state index contributed by atoms with van der Waals surface area (Å²) in [5, 5.41) is 0. The van der Waals surface area contributed by atoms with Gasteiger partial charge in [-0.05, 0) is 107 Å². The third-order valence-electron chi connectivity index (χ3n) is 16.8. The summed E-state index contributed by atoms with van der Waals surface area (Å²) in [7, 11) is 0. The number of thioether (sulfide) groups is 12. The maximum atomic E-state index is 14.0. The molecular weight excluding hydrogens is 1590 g/mol. The molecule has 0 aromatic rings. The van der Waals surface area contributed by atoms with Gasteiger partial charge in [0, 0.05) is 0 Å². The molecule has 108 heavy (non-hydrogen) atoms. The van der Waals surface area contributed by atoms with Crippen molar-refractivity contribution < 1.29 is 57.2 Å². The average molecular weight is 1690 g/mol. The number of carbonyl (C=O) groups excluding carboxylic acids is 6. The highest BCUT2D eigenvalue weighted by molar-refractivity contribution is 8.37. The molecule has 0 radical (unpaired) electrons. The van der Waals surface area contributed by atoms with Gasteiger partial charge in [-0.1, -0.05) is 375 Å². The van der Waals surface area contributed by atoms with Crippen LogP contribution in [0, 0.1) is 0 Å². The van der Waals surface area contributed by atoms with E-state index in [9.17, 15) is 28.8 Å². The Morgan fingerprint density at radius 2 is 0.324 bits per heavy atom. The van der Waals surface area contributed by atoms with Crippen LogP contribution in [0.25, 0.3) is 0 Å². The molecule has 6 heterocycles. The lowest BCUT2D eigenvalue weighted by molar-refractivity contribution is -0.141. The SMILES string of the molecule is CCCCCCCCOC(=O)C1=C(C(=O)OCCCCCCCC)SC(=C2SC3=C=C=C=C=C4SC(=C5SC(C(=O)OCCCCCCCC)=C(C(=O)OCCCCCCCC)S5)SC4=C=C=C=C=C4SC(=C5SC(C(=O)OCCCCCCCC)=C(C(=O)OCCCCCCCC)S5)SC4=C=C=C=C=C3S2)S1. The van der Waals surface area contributed by atoms with E-state index in [2.05, 4.69) is 110 Å². The van der Waals surface area contributed by atoms with E-state index in [0.29, 0.717) is 42.1 Å². The van der Waals surface area contributed by atoms with Crippen molar-refractivity contribution in [1.29, 1.82) is 0 Å². The second-order valence-electron chi connectivity index (χ2n) is 25.8. The third kappa shape index (κ3) is 32.5. The average Bonchev–Trinajstić information content (AvgIpc) is 1.66. The van der Waals surface area contributed by atoms with E-state index in [-0.39, 0.29) is 69.1 Å². The minimum absolute atomic E-state index is 0.194. The summed E-state index contributed by atoms with van der Waals surface area (Å²) in [5.74, 6) is -3.37. The Kier molecular flexibility index (Phi) is 46.2. The van der Waals surface area contributed by atoms with Gasteiger partial charge < -0.3 is 28.4 Å². The summed E-state index contributed by atoms with van der Waals surface area (Å²) in [6.07, 6.45) is 36.9. The van der Waals surface area contributed by atoms with Gasteiger partial charge in [0.2, 0.25) is 0 Å². The quantitative estimate of drug-likeness (QED) is 0.0245. The largest absolute Gasteiger partial charge is 0.462 e. The summed E-state index contributed by atoms with van der Waals surface area (Å²) in [4.78, 5) is 88.8. The molecule has 0 spiro atoms. The van der Waals surface area contributed by atoms with Crippen molar-refractivity contribution in [2.24, 2.45) is 0 Å². The lowest BCUT2D eigenvalue weighted by Gasteiger charge is -2.07. The van der Waals surface area contributed by atoms with Crippen molar-refractivity contribution in [2.75, 3.05) is 39.6 Å². The molecule has 3 fully saturated rings. The normalized spacial score (nSPS) is 15.9. The minimum Gasteiger partial charge on any atom is -0.462 e. The van der Waals surface area contributed by atoms with Crippen LogP contribution in [0.3, 0.4) is 0 Å². The summed E-state index contributed by atoms with van der Waals surface area (Å²) in [6.45, 7) is 14.5. The first-order valence-corrected chi connectivity index (χ1v) is 48.6. The number of unbranched alkanes of at least 4 members (excludes halogenated alkanes) is 30. The fraction of sp³-hybridized carbons (Fsp3) is 0.571. The molecule has 0 N–H and O–H groups in total. The Labute approximate surface area is 693 Å². The molecule has 0 aromatic heterocycles. The molecule has 7 rings (SSSR count). The Balaban J connectivity index is 1.30. The molecule has 0 amide bonds. The van der Waals surface area contributed by atoms with Crippen LogP contribution in [0.2, 0.25) is 0 Å². The highest BCUT2D eigenvalue weighted by atomic mass is 32.2. The fourth-order valence-corrected chi connectivity index (χ4v) is 25.9. The highest BCUT2D eigenvalue weighted by Crippen LogP contribution is 2.64. The first kappa shape index (κ1) is 91.2. The van der Waals surface area contributed by atoms with E-state index in [4.69, 9.17) is 28.4 Å². The van der Waals surface area contributed by atoms with Crippen LogP contribution >= 0.6 is 141 Å².